The van der Waals surface area contributed by atoms with Crippen LogP contribution in [-0.2, 0) is 0 Å². The number of rotatable bonds is 3. The number of hydrogen-bond acceptors (Lipinski definition) is 5. The van der Waals surface area contributed by atoms with Crippen LogP contribution in [0.1, 0.15) is 22.0 Å². The van der Waals surface area contributed by atoms with Gasteiger partial charge in [0.15, 0.2) is 5.17 Å². The summed E-state index contributed by atoms with van der Waals surface area (Å²) in [6.45, 7) is 1.87. The van der Waals surface area contributed by atoms with Gasteiger partial charge in [0.2, 0.25) is 0 Å². The van der Waals surface area contributed by atoms with Crippen molar-refractivity contribution in [3.8, 4) is 0 Å². The first-order chi connectivity index (χ1) is 13.1. The molecule has 2 heterocycles. The van der Waals surface area contributed by atoms with Gasteiger partial charge >= 0.3 is 6.03 Å². The average molecular weight is 384 g/mol. The van der Waals surface area contributed by atoms with Crippen LogP contribution in [0, 0.1) is 5.82 Å². The number of amidine groups is 1. The number of fused-ring (bicyclic) bond motifs is 1. The number of carbonyl (C=O) groups is 2. The Bertz CT molecular complexity index is 916. The third-order valence-corrected chi connectivity index (χ3v) is 5.39. The SMILES string of the molecule is O=C(NC(=O)c1ccc(F)cc1)Nc1cccc([C@H]2CN3CCSC3=N2)c1. The van der Waals surface area contributed by atoms with Gasteiger partial charge in [-0.3, -0.25) is 15.1 Å². The van der Waals surface area contributed by atoms with Crippen LogP contribution in [0.3, 0.4) is 0 Å². The fraction of sp³-hybridized carbons (Fsp3) is 0.211. The quantitative estimate of drug-likeness (QED) is 0.852. The topological polar surface area (TPSA) is 73.8 Å². The number of carbonyl (C=O) groups excluding carboxylic acids is 2. The number of benzene rings is 2. The predicted octanol–water partition coefficient (Wildman–Crippen LogP) is 3.25. The maximum Gasteiger partial charge on any atom is 0.326 e. The summed E-state index contributed by atoms with van der Waals surface area (Å²) in [7, 11) is 0. The number of hydrogen-bond donors (Lipinski definition) is 2. The summed E-state index contributed by atoms with van der Waals surface area (Å²) in [6.07, 6.45) is 0. The molecule has 138 valence electrons. The Hall–Kier alpha value is -2.87. The first kappa shape index (κ1) is 17.5. The van der Waals surface area contributed by atoms with E-state index >= 15 is 0 Å². The van der Waals surface area contributed by atoms with Gasteiger partial charge in [-0.2, -0.15) is 0 Å². The van der Waals surface area contributed by atoms with Crippen molar-refractivity contribution in [1.29, 1.82) is 0 Å². The van der Waals surface area contributed by atoms with Crippen molar-refractivity contribution < 1.29 is 14.0 Å². The van der Waals surface area contributed by atoms with E-state index in [1.807, 2.05) is 18.2 Å². The van der Waals surface area contributed by atoms with Crippen molar-refractivity contribution in [3.63, 3.8) is 0 Å². The first-order valence-electron chi connectivity index (χ1n) is 8.52. The molecule has 2 N–H and O–H groups in total. The van der Waals surface area contributed by atoms with Gasteiger partial charge in [0.1, 0.15) is 5.82 Å². The molecule has 0 unspecified atom stereocenters. The molecule has 0 radical (unpaired) electrons. The number of nitrogens with one attached hydrogen (secondary N) is 2. The van der Waals surface area contributed by atoms with E-state index < -0.39 is 17.8 Å². The summed E-state index contributed by atoms with van der Waals surface area (Å²) in [5.41, 5.74) is 1.80. The van der Waals surface area contributed by atoms with Gasteiger partial charge in [-0.1, -0.05) is 23.9 Å². The third-order valence-electron chi connectivity index (χ3n) is 4.39. The fourth-order valence-electron chi connectivity index (χ4n) is 3.05. The van der Waals surface area contributed by atoms with E-state index in [4.69, 9.17) is 4.99 Å². The molecule has 1 atom stereocenters. The molecule has 2 aliphatic heterocycles. The van der Waals surface area contributed by atoms with E-state index in [2.05, 4.69) is 15.5 Å². The minimum Gasteiger partial charge on any atom is -0.348 e. The second-order valence-electron chi connectivity index (χ2n) is 6.26. The first-order valence-corrected chi connectivity index (χ1v) is 9.50. The number of thioether (sulfide) groups is 1. The van der Waals surface area contributed by atoms with Crippen molar-refractivity contribution >= 4 is 34.6 Å². The molecular weight excluding hydrogens is 367 g/mol. The minimum atomic E-state index is -0.643. The van der Waals surface area contributed by atoms with E-state index in [1.54, 1.807) is 17.8 Å². The molecular formula is C19H17FN4O2S. The molecule has 8 heteroatoms. The number of halogens is 1. The van der Waals surface area contributed by atoms with Crippen LogP contribution in [-0.4, -0.2) is 40.8 Å². The maximum absolute atomic E-state index is 12.9. The summed E-state index contributed by atoms with van der Waals surface area (Å²) in [5, 5.41) is 5.98. The Kier molecular flexibility index (Phi) is 4.81. The summed E-state index contributed by atoms with van der Waals surface area (Å²) in [6, 6.07) is 11.8. The van der Waals surface area contributed by atoms with Gasteiger partial charge in [0.05, 0.1) is 6.04 Å². The molecule has 3 amide bonds. The minimum absolute atomic E-state index is 0.0541. The monoisotopic (exact) mass is 384 g/mol. The molecule has 0 spiro atoms. The molecule has 0 bridgehead atoms. The zero-order valence-electron chi connectivity index (χ0n) is 14.3. The van der Waals surface area contributed by atoms with Gasteiger partial charge in [-0.25, -0.2) is 9.18 Å². The summed E-state index contributed by atoms with van der Waals surface area (Å²) in [4.78, 5) is 31.1. The lowest BCUT2D eigenvalue weighted by molar-refractivity contribution is 0.0967. The maximum atomic E-state index is 12.9. The molecule has 27 heavy (non-hydrogen) atoms. The highest BCUT2D eigenvalue weighted by molar-refractivity contribution is 8.14. The molecule has 0 saturated carbocycles. The normalized spacial score (nSPS) is 18.0. The molecule has 2 aliphatic rings. The van der Waals surface area contributed by atoms with Gasteiger partial charge in [0, 0.05) is 30.1 Å². The standard InChI is InChI=1S/C19H17FN4O2S/c20-14-6-4-12(5-7-14)17(25)23-18(26)21-15-3-1-2-13(10-15)16-11-24-8-9-27-19(24)22-16/h1-7,10,16H,8-9,11H2,(H2,21,23,25,26)/t16-/m1/s1. The molecule has 2 aromatic rings. The Morgan fingerprint density at radius 3 is 2.78 bits per heavy atom. The van der Waals surface area contributed by atoms with Crippen LogP contribution in [0.5, 0.6) is 0 Å². The number of amides is 3. The lowest BCUT2D eigenvalue weighted by Crippen LogP contribution is -2.34. The lowest BCUT2D eigenvalue weighted by Gasteiger charge is -2.14. The highest BCUT2D eigenvalue weighted by Gasteiger charge is 2.30. The van der Waals surface area contributed by atoms with Crippen LogP contribution in [0.25, 0.3) is 0 Å². The van der Waals surface area contributed by atoms with Crippen LogP contribution in [0.4, 0.5) is 14.9 Å². The van der Waals surface area contributed by atoms with Gasteiger partial charge in [-0.15, -0.1) is 0 Å². The molecule has 4 rings (SSSR count). The van der Waals surface area contributed by atoms with Crippen molar-refractivity contribution in [2.45, 2.75) is 6.04 Å². The number of aliphatic imine (C=N–C) groups is 1. The highest BCUT2D eigenvalue weighted by Crippen LogP contribution is 2.32. The lowest BCUT2D eigenvalue weighted by atomic mass is 10.1. The second-order valence-corrected chi connectivity index (χ2v) is 7.32. The average Bonchev–Trinajstić information content (AvgIpc) is 3.24. The summed E-state index contributed by atoms with van der Waals surface area (Å²) < 4.78 is 12.9. The molecule has 0 aromatic heterocycles. The third kappa shape index (κ3) is 3.95. The smallest absolute Gasteiger partial charge is 0.326 e. The van der Waals surface area contributed by atoms with E-state index in [1.165, 1.54) is 24.3 Å². The van der Waals surface area contributed by atoms with Crippen LogP contribution in [0.2, 0.25) is 0 Å². The molecule has 1 saturated heterocycles. The van der Waals surface area contributed by atoms with Crippen molar-refractivity contribution in [3.05, 3.63) is 65.5 Å². The molecule has 2 aromatic carbocycles. The van der Waals surface area contributed by atoms with Gasteiger partial charge in [-0.05, 0) is 42.0 Å². The Balaban J connectivity index is 1.39. The van der Waals surface area contributed by atoms with Crippen molar-refractivity contribution in [2.24, 2.45) is 4.99 Å². The summed E-state index contributed by atoms with van der Waals surface area (Å²) >= 11 is 1.77. The Morgan fingerprint density at radius 1 is 1.19 bits per heavy atom. The largest absolute Gasteiger partial charge is 0.348 e. The number of urea groups is 1. The molecule has 0 aliphatic carbocycles. The van der Waals surface area contributed by atoms with Crippen LogP contribution < -0.4 is 10.6 Å². The highest BCUT2D eigenvalue weighted by atomic mass is 32.2. The number of imide groups is 1. The fourth-order valence-corrected chi connectivity index (χ4v) is 4.09. The Morgan fingerprint density at radius 2 is 2.00 bits per heavy atom. The van der Waals surface area contributed by atoms with Gasteiger partial charge < -0.3 is 10.2 Å². The van der Waals surface area contributed by atoms with Crippen LogP contribution in [0.15, 0.2) is 53.5 Å². The van der Waals surface area contributed by atoms with Gasteiger partial charge in [0.25, 0.3) is 5.91 Å². The van der Waals surface area contributed by atoms with E-state index in [0.717, 1.165) is 29.6 Å². The van der Waals surface area contributed by atoms with E-state index in [-0.39, 0.29) is 11.6 Å². The number of anilines is 1. The molecule has 1 fully saturated rings. The van der Waals surface area contributed by atoms with Crippen molar-refractivity contribution in [2.75, 3.05) is 24.2 Å². The number of nitrogens with zero attached hydrogens (tertiary/aromatic N) is 2. The van der Waals surface area contributed by atoms with Crippen molar-refractivity contribution in [1.82, 2.24) is 10.2 Å². The zero-order valence-corrected chi connectivity index (χ0v) is 15.1. The predicted molar refractivity (Wildman–Crippen MR) is 104 cm³/mol. The zero-order chi connectivity index (χ0) is 18.8. The second kappa shape index (κ2) is 7.40. The van der Waals surface area contributed by atoms with Crippen LogP contribution >= 0.6 is 11.8 Å². The van der Waals surface area contributed by atoms with E-state index in [0.29, 0.717) is 5.69 Å². The Labute approximate surface area is 159 Å². The van der Waals surface area contributed by atoms with E-state index in [9.17, 15) is 14.0 Å². The summed E-state index contributed by atoms with van der Waals surface area (Å²) in [5.74, 6) is 0.0424. The molecule has 6 nitrogen and oxygen atoms in total.